The molecule has 52 valence electrons. The van der Waals surface area contributed by atoms with Crippen molar-refractivity contribution in [2.24, 2.45) is 0 Å². The minimum absolute atomic E-state index is 0.662. The summed E-state index contributed by atoms with van der Waals surface area (Å²) in [7, 11) is 0. The molecule has 0 bridgehead atoms. The van der Waals surface area contributed by atoms with Crippen molar-refractivity contribution >= 4 is 11.8 Å². The van der Waals surface area contributed by atoms with Crippen LogP contribution in [-0.2, 0) is 0 Å². The Balaban J connectivity index is 2.26. The van der Waals surface area contributed by atoms with Gasteiger partial charge in [0, 0.05) is 0 Å². The van der Waals surface area contributed by atoms with Crippen molar-refractivity contribution in [1.29, 1.82) is 0 Å². The van der Waals surface area contributed by atoms with E-state index in [4.69, 9.17) is 0 Å². The molecule has 0 amide bonds. The first kappa shape index (κ1) is 6.29. The molecule has 0 aromatic carbocycles. The fourth-order valence-electron chi connectivity index (χ4n) is 1.32. The summed E-state index contributed by atoms with van der Waals surface area (Å²) in [5.74, 6) is 0. The van der Waals surface area contributed by atoms with Crippen LogP contribution in [-0.4, -0.2) is 5.25 Å². The van der Waals surface area contributed by atoms with Gasteiger partial charge in [0.25, 0.3) is 0 Å². The third-order valence-corrected chi connectivity index (χ3v) is 2.93. The Bertz CT molecular complexity index is 233. The average molecular weight is 150 g/mol. The topological polar surface area (TPSA) is 0 Å². The second kappa shape index (κ2) is 2.31. The molecule has 1 unspecified atom stereocenters. The van der Waals surface area contributed by atoms with Crippen LogP contribution in [0, 0.1) is 0 Å². The van der Waals surface area contributed by atoms with Crippen molar-refractivity contribution in [3.63, 3.8) is 0 Å². The number of rotatable bonds is 1. The molecule has 1 heteroatoms. The lowest BCUT2D eigenvalue weighted by molar-refractivity contribution is 1.15. The van der Waals surface area contributed by atoms with Crippen LogP contribution in [0.4, 0.5) is 0 Å². The molecule has 2 aliphatic rings. The molecule has 0 radical (unpaired) electrons. The van der Waals surface area contributed by atoms with E-state index in [1.807, 2.05) is 11.8 Å². The molecule has 0 saturated carbocycles. The van der Waals surface area contributed by atoms with Gasteiger partial charge < -0.3 is 0 Å². The van der Waals surface area contributed by atoms with E-state index in [2.05, 4.69) is 30.6 Å². The molecule has 1 heterocycles. The van der Waals surface area contributed by atoms with Crippen LogP contribution in [0.15, 0.2) is 34.8 Å². The number of hydrogen-bond donors (Lipinski definition) is 0. The molecule has 0 aromatic rings. The number of allylic oxidation sites excluding steroid dienone is 3. The standard InChI is InChI=1S/C9H10S/c1-2-7-5-8-3-4-10-9(8)6-7/h3-6,9H,2H2,1H3. The first-order chi connectivity index (χ1) is 4.90. The highest BCUT2D eigenvalue weighted by Gasteiger charge is 2.19. The van der Waals surface area contributed by atoms with Crippen molar-refractivity contribution in [1.82, 2.24) is 0 Å². The Labute approximate surface area is 65.7 Å². The normalized spacial score (nSPS) is 28.3. The van der Waals surface area contributed by atoms with Crippen molar-refractivity contribution in [2.75, 3.05) is 0 Å². The number of thioether (sulfide) groups is 1. The minimum Gasteiger partial charge on any atom is -0.122 e. The fraction of sp³-hybridized carbons (Fsp3) is 0.333. The van der Waals surface area contributed by atoms with Crippen molar-refractivity contribution in [3.8, 4) is 0 Å². The highest BCUT2D eigenvalue weighted by Crippen LogP contribution is 2.36. The Morgan fingerprint density at radius 1 is 1.60 bits per heavy atom. The summed E-state index contributed by atoms with van der Waals surface area (Å²) >= 11 is 1.91. The van der Waals surface area contributed by atoms with Gasteiger partial charge in [-0.15, -0.1) is 11.8 Å². The summed E-state index contributed by atoms with van der Waals surface area (Å²) in [5, 5.41) is 2.84. The van der Waals surface area contributed by atoms with Crippen LogP contribution in [0.1, 0.15) is 13.3 Å². The first-order valence-corrected chi connectivity index (χ1v) is 4.58. The van der Waals surface area contributed by atoms with Gasteiger partial charge in [-0.2, -0.15) is 0 Å². The zero-order valence-electron chi connectivity index (χ0n) is 6.00. The molecule has 1 aliphatic heterocycles. The summed E-state index contributed by atoms with van der Waals surface area (Å²) in [6.45, 7) is 2.21. The van der Waals surface area contributed by atoms with Gasteiger partial charge in [0.15, 0.2) is 0 Å². The smallest absolute Gasteiger partial charge is 0.0524 e. The van der Waals surface area contributed by atoms with Crippen LogP contribution in [0.5, 0.6) is 0 Å². The van der Waals surface area contributed by atoms with Crippen molar-refractivity contribution < 1.29 is 0 Å². The van der Waals surface area contributed by atoms with E-state index < -0.39 is 0 Å². The predicted octanol–water partition coefficient (Wildman–Crippen LogP) is 2.89. The van der Waals surface area contributed by atoms with Crippen LogP contribution < -0.4 is 0 Å². The maximum Gasteiger partial charge on any atom is 0.0524 e. The minimum atomic E-state index is 0.662. The molecule has 1 aliphatic carbocycles. The molecule has 0 saturated heterocycles. The van der Waals surface area contributed by atoms with E-state index in [9.17, 15) is 0 Å². The fourth-order valence-corrected chi connectivity index (χ4v) is 2.28. The molecule has 0 nitrogen and oxygen atoms in total. The molecule has 10 heavy (non-hydrogen) atoms. The van der Waals surface area contributed by atoms with Crippen LogP contribution in [0.3, 0.4) is 0 Å². The Morgan fingerprint density at radius 2 is 2.50 bits per heavy atom. The summed E-state index contributed by atoms with van der Waals surface area (Å²) in [6.07, 6.45) is 8.06. The zero-order chi connectivity index (χ0) is 6.97. The van der Waals surface area contributed by atoms with Gasteiger partial charge in [-0.25, -0.2) is 0 Å². The summed E-state index contributed by atoms with van der Waals surface area (Å²) in [6, 6.07) is 0. The molecule has 1 atom stereocenters. The Hall–Kier alpha value is -0.430. The molecule has 0 fully saturated rings. The molecule has 0 aromatic heterocycles. The quantitative estimate of drug-likeness (QED) is 0.554. The summed E-state index contributed by atoms with van der Waals surface area (Å²) in [5.41, 5.74) is 2.98. The molecule has 2 rings (SSSR count). The average Bonchev–Trinajstić information content (AvgIpc) is 2.42. The van der Waals surface area contributed by atoms with E-state index in [0.717, 1.165) is 0 Å². The molecule has 0 spiro atoms. The second-order valence-electron chi connectivity index (χ2n) is 2.60. The monoisotopic (exact) mass is 150 g/mol. The van der Waals surface area contributed by atoms with E-state index in [-0.39, 0.29) is 0 Å². The van der Waals surface area contributed by atoms with Gasteiger partial charge in [-0.1, -0.05) is 30.7 Å². The molecular formula is C9H10S. The Kier molecular flexibility index (Phi) is 1.46. The van der Waals surface area contributed by atoms with E-state index >= 15 is 0 Å². The maximum atomic E-state index is 2.36. The highest BCUT2D eigenvalue weighted by molar-refractivity contribution is 8.03. The van der Waals surface area contributed by atoms with Gasteiger partial charge in [-0.05, 0) is 17.4 Å². The highest BCUT2D eigenvalue weighted by atomic mass is 32.2. The van der Waals surface area contributed by atoms with Gasteiger partial charge in [-0.3, -0.25) is 0 Å². The lowest BCUT2D eigenvalue weighted by Crippen LogP contribution is -1.88. The third-order valence-electron chi connectivity index (χ3n) is 1.94. The SMILES string of the molecule is CCC1=CC2SC=CC2=C1. The third kappa shape index (κ3) is 0.853. The van der Waals surface area contributed by atoms with Gasteiger partial charge in [0.1, 0.15) is 0 Å². The predicted molar refractivity (Wildman–Crippen MR) is 47.0 cm³/mol. The second-order valence-corrected chi connectivity index (χ2v) is 3.65. The lowest BCUT2D eigenvalue weighted by Gasteiger charge is -1.96. The van der Waals surface area contributed by atoms with E-state index in [1.165, 1.54) is 17.6 Å². The number of hydrogen-bond acceptors (Lipinski definition) is 1. The largest absolute Gasteiger partial charge is 0.122 e. The van der Waals surface area contributed by atoms with Crippen molar-refractivity contribution in [2.45, 2.75) is 18.6 Å². The van der Waals surface area contributed by atoms with Crippen LogP contribution >= 0.6 is 11.8 Å². The molecular weight excluding hydrogens is 140 g/mol. The molecule has 0 N–H and O–H groups in total. The summed E-state index contributed by atoms with van der Waals surface area (Å²) < 4.78 is 0. The van der Waals surface area contributed by atoms with E-state index in [0.29, 0.717) is 5.25 Å². The summed E-state index contributed by atoms with van der Waals surface area (Å²) in [4.78, 5) is 0. The van der Waals surface area contributed by atoms with Crippen LogP contribution in [0.2, 0.25) is 0 Å². The van der Waals surface area contributed by atoms with E-state index in [1.54, 1.807) is 0 Å². The zero-order valence-corrected chi connectivity index (χ0v) is 6.82. The maximum absolute atomic E-state index is 2.36. The number of fused-ring (bicyclic) bond motifs is 1. The van der Waals surface area contributed by atoms with Crippen LogP contribution in [0.25, 0.3) is 0 Å². The van der Waals surface area contributed by atoms with Gasteiger partial charge >= 0.3 is 0 Å². The lowest BCUT2D eigenvalue weighted by atomic mass is 10.2. The Morgan fingerprint density at radius 3 is 3.20 bits per heavy atom. The first-order valence-electron chi connectivity index (χ1n) is 3.64. The van der Waals surface area contributed by atoms with Gasteiger partial charge in [0.05, 0.1) is 5.25 Å². The van der Waals surface area contributed by atoms with Gasteiger partial charge in [0.2, 0.25) is 0 Å². The van der Waals surface area contributed by atoms with Crippen molar-refractivity contribution in [3.05, 3.63) is 34.8 Å².